The SMILES string of the molecule is O=C(CNc1cccc(OCc2ccccc2)c1)N1CCOCC1. The second-order valence-corrected chi connectivity index (χ2v) is 5.65. The standard InChI is InChI=1S/C19H22N2O3/c22-19(21-9-11-23-12-10-21)14-20-17-7-4-8-18(13-17)24-15-16-5-2-1-3-6-16/h1-8,13,20H,9-12,14-15H2. The van der Waals surface area contributed by atoms with Gasteiger partial charge in [-0.05, 0) is 17.7 Å². The fraction of sp³-hybridized carbons (Fsp3) is 0.316. The van der Waals surface area contributed by atoms with Gasteiger partial charge in [0.1, 0.15) is 12.4 Å². The second kappa shape index (κ2) is 8.36. The van der Waals surface area contributed by atoms with Gasteiger partial charge in [0.15, 0.2) is 0 Å². The highest BCUT2D eigenvalue weighted by Gasteiger charge is 2.16. The van der Waals surface area contributed by atoms with Crippen LogP contribution in [-0.4, -0.2) is 43.7 Å². The average molecular weight is 326 g/mol. The molecule has 1 N–H and O–H groups in total. The number of nitrogens with one attached hydrogen (secondary N) is 1. The van der Waals surface area contributed by atoms with Crippen molar-refractivity contribution < 1.29 is 14.3 Å². The van der Waals surface area contributed by atoms with Crippen LogP contribution < -0.4 is 10.1 Å². The second-order valence-electron chi connectivity index (χ2n) is 5.65. The number of hydrogen-bond donors (Lipinski definition) is 1. The lowest BCUT2D eigenvalue weighted by atomic mass is 10.2. The molecule has 1 saturated heterocycles. The van der Waals surface area contributed by atoms with Crippen molar-refractivity contribution in [3.8, 4) is 5.75 Å². The van der Waals surface area contributed by atoms with Gasteiger partial charge in [0.2, 0.25) is 5.91 Å². The molecule has 0 saturated carbocycles. The summed E-state index contributed by atoms with van der Waals surface area (Å²) in [4.78, 5) is 14.0. The number of nitrogens with zero attached hydrogens (tertiary/aromatic N) is 1. The van der Waals surface area contributed by atoms with Crippen LogP contribution in [-0.2, 0) is 16.1 Å². The van der Waals surface area contributed by atoms with Crippen molar-refractivity contribution in [2.45, 2.75) is 6.61 Å². The van der Waals surface area contributed by atoms with E-state index in [0.717, 1.165) is 17.0 Å². The Morgan fingerprint density at radius 3 is 2.67 bits per heavy atom. The first kappa shape index (κ1) is 16.3. The van der Waals surface area contributed by atoms with Crippen LogP contribution in [0.15, 0.2) is 54.6 Å². The lowest BCUT2D eigenvalue weighted by Gasteiger charge is -2.27. The molecule has 1 fully saturated rings. The number of carbonyl (C=O) groups is 1. The van der Waals surface area contributed by atoms with E-state index in [2.05, 4.69) is 5.32 Å². The number of rotatable bonds is 6. The molecule has 126 valence electrons. The normalized spacial score (nSPS) is 14.2. The summed E-state index contributed by atoms with van der Waals surface area (Å²) < 4.78 is 11.1. The molecule has 24 heavy (non-hydrogen) atoms. The van der Waals surface area contributed by atoms with Crippen LogP contribution in [0.1, 0.15) is 5.56 Å². The van der Waals surface area contributed by atoms with Gasteiger partial charge in [0.05, 0.1) is 19.8 Å². The van der Waals surface area contributed by atoms with E-state index in [4.69, 9.17) is 9.47 Å². The number of amides is 1. The van der Waals surface area contributed by atoms with E-state index in [9.17, 15) is 4.79 Å². The maximum absolute atomic E-state index is 12.1. The third-order valence-electron chi connectivity index (χ3n) is 3.89. The molecule has 0 radical (unpaired) electrons. The Hall–Kier alpha value is -2.53. The molecule has 0 atom stereocenters. The highest BCUT2D eigenvalue weighted by molar-refractivity contribution is 5.81. The maximum atomic E-state index is 12.1. The Morgan fingerprint density at radius 2 is 1.88 bits per heavy atom. The first-order valence-electron chi connectivity index (χ1n) is 8.17. The first-order valence-corrected chi connectivity index (χ1v) is 8.17. The molecule has 0 aliphatic carbocycles. The average Bonchev–Trinajstić information content (AvgIpc) is 2.66. The third kappa shape index (κ3) is 4.73. The molecular formula is C19H22N2O3. The molecule has 0 aromatic heterocycles. The van der Waals surface area contributed by atoms with Crippen LogP contribution in [0.2, 0.25) is 0 Å². The Bertz CT molecular complexity index is 655. The summed E-state index contributed by atoms with van der Waals surface area (Å²) in [5.74, 6) is 0.872. The van der Waals surface area contributed by atoms with Crippen molar-refractivity contribution in [3.05, 3.63) is 60.2 Å². The van der Waals surface area contributed by atoms with Gasteiger partial charge >= 0.3 is 0 Å². The van der Waals surface area contributed by atoms with Gasteiger partial charge in [-0.2, -0.15) is 0 Å². The van der Waals surface area contributed by atoms with Gasteiger partial charge < -0.3 is 19.7 Å². The van der Waals surface area contributed by atoms with Crippen LogP contribution in [0, 0.1) is 0 Å². The monoisotopic (exact) mass is 326 g/mol. The molecular weight excluding hydrogens is 304 g/mol. The van der Waals surface area contributed by atoms with E-state index in [1.54, 1.807) is 0 Å². The van der Waals surface area contributed by atoms with E-state index < -0.39 is 0 Å². The maximum Gasteiger partial charge on any atom is 0.242 e. The summed E-state index contributed by atoms with van der Waals surface area (Å²) in [7, 11) is 0. The fourth-order valence-corrected chi connectivity index (χ4v) is 2.54. The fourth-order valence-electron chi connectivity index (χ4n) is 2.54. The molecule has 2 aromatic rings. The number of anilines is 1. The lowest BCUT2D eigenvalue weighted by molar-refractivity contribution is -0.133. The smallest absolute Gasteiger partial charge is 0.242 e. The van der Waals surface area contributed by atoms with E-state index in [-0.39, 0.29) is 12.5 Å². The Balaban J connectivity index is 1.50. The molecule has 1 amide bonds. The zero-order valence-electron chi connectivity index (χ0n) is 13.6. The number of morpholine rings is 1. The van der Waals surface area contributed by atoms with Crippen molar-refractivity contribution in [1.29, 1.82) is 0 Å². The van der Waals surface area contributed by atoms with Gasteiger partial charge in [0, 0.05) is 24.8 Å². The predicted molar refractivity (Wildman–Crippen MR) is 93.1 cm³/mol. The van der Waals surface area contributed by atoms with Gasteiger partial charge in [-0.3, -0.25) is 4.79 Å². The summed E-state index contributed by atoms with van der Waals surface area (Å²) in [6, 6.07) is 17.7. The predicted octanol–water partition coefficient (Wildman–Crippen LogP) is 2.54. The van der Waals surface area contributed by atoms with Crippen LogP contribution in [0.3, 0.4) is 0 Å². The summed E-state index contributed by atoms with van der Waals surface area (Å²) >= 11 is 0. The summed E-state index contributed by atoms with van der Waals surface area (Å²) in [6.07, 6.45) is 0. The van der Waals surface area contributed by atoms with Crippen molar-refractivity contribution >= 4 is 11.6 Å². The van der Waals surface area contributed by atoms with Crippen LogP contribution >= 0.6 is 0 Å². The Kier molecular flexibility index (Phi) is 5.69. The number of ether oxygens (including phenoxy) is 2. The van der Waals surface area contributed by atoms with E-state index >= 15 is 0 Å². The highest BCUT2D eigenvalue weighted by Crippen LogP contribution is 2.18. The molecule has 1 aliphatic rings. The molecule has 0 bridgehead atoms. The summed E-state index contributed by atoms with van der Waals surface area (Å²) in [5, 5.41) is 3.17. The van der Waals surface area contributed by atoms with Gasteiger partial charge in [0.25, 0.3) is 0 Å². The van der Waals surface area contributed by atoms with Crippen molar-refractivity contribution in [1.82, 2.24) is 4.90 Å². The highest BCUT2D eigenvalue weighted by atomic mass is 16.5. The Labute approximate surface area is 142 Å². The van der Waals surface area contributed by atoms with E-state index in [1.165, 1.54) is 0 Å². The third-order valence-corrected chi connectivity index (χ3v) is 3.89. The number of hydrogen-bond acceptors (Lipinski definition) is 4. The largest absolute Gasteiger partial charge is 0.489 e. The van der Waals surface area contributed by atoms with Gasteiger partial charge in [-0.25, -0.2) is 0 Å². The van der Waals surface area contributed by atoms with Gasteiger partial charge in [-0.15, -0.1) is 0 Å². The lowest BCUT2D eigenvalue weighted by Crippen LogP contribution is -2.43. The molecule has 5 heteroatoms. The summed E-state index contributed by atoms with van der Waals surface area (Å²) in [5.41, 5.74) is 2.00. The molecule has 0 unspecified atom stereocenters. The van der Waals surface area contributed by atoms with E-state index in [1.807, 2.05) is 59.5 Å². The molecule has 2 aromatic carbocycles. The quantitative estimate of drug-likeness (QED) is 0.886. The summed E-state index contributed by atoms with van der Waals surface area (Å²) in [6.45, 7) is 3.38. The number of carbonyl (C=O) groups excluding carboxylic acids is 1. The first-order chi connectivity index (χ1) is 11.8. The molecule has 5 nitrogen and oxygen atoms in total. The van der Waals surface area contributed by atoms with Crippen LogP contribution in [0.5, 0.6) is 5.75 Å². The zero-order chi connectivity index (χ0) is 16.6. The minimum atomic E-state index is 0.0916. The van der Waals surface area contributed by atoms with E-state index in [0.29, 0.717) is 32.9 Å². The Morgan fingerprint density at radius 1 is 1.08 bits per heavy atom. The van der Waals surface area contributed by atoms with Crippen molar-refractivity contribution in [2.75, 3.05) is 38.2 Å². The van der Waals surface area contributed by atoms with Gasteiger partial charge in [-0.1, -0.05) is 36.4 Å². The van der Waals surface area contributed by atoms with Crippen LogP contribution in [0.4, 0.5) is 5.69 Å². The molecule has 1 aliphatic heterocycles. The number of benzene rings is 2. The molecule has 0 spiro atoms. The zero-order valence-corrected chi connectivity index (χ0v) is 13.6. The topological polar surface area (TPSA) is 50.8 Å². The minimum absolute atomic E-state index is 0.0916. The van der Waals surface area contributed by atoms with Crippen LogP contribution in [0.25, 0.3) is 0 Å². The molecule has 3 rings (SSSR count). The van der Waals surface area contributed by atoms with Crippen molar-refractivity contribution in [2.24, 2.45) is 0 Å². The molecule has 1 heterocycles. The minimum Gasteiger partial charge on any atom is -0.489 e. The van der Waals surface area contributed by atoms with Crippen molar-refractivity contribution in [3.63, 3.8) is 0 Å².